The molecule has 1 aliphatic rings. The third-order valence-electron chi connectivity index (χ3n) is 4.73. The van der Waals surface area contributed by atoms with Gasteiger partial charge in [-0.05, 0) is 18.2 Å². The Morgan fingerprint density at radius 3 is 2.31 bits per heavy atom. The van der Waals surface area contributed by atoms with E-state index in [0.717, 1.165) is 11.0 Å². The predicted octanol–water partition coefficient (Wildman–Crippen LogP) is 1.19. The summed E-state index contributed by atoms with van der Waals surface area (Å²) in [6, 6.07) is 6.98. The molecule has 32 heavy (non-hydrogen) atoms. The van der Waals surface area contributed by atoms with Crippen LogP contribution in [0.15, 0.2) is 36.4 Å². The molecule has 0 aromatic heterocycles. The summed E-state index contributed by atoms with van der Waals surface area (Å²) in [7, 11) is 4.24. The van der Waals surface area contributed by atoms with E-state index in [1.807, 2.05) is 0 Å². The average Bonchev–Trinajstić information content (AvgIpc) is 3.09. The topological polar surface area (TPSA) is 149 Å². The maximum atomic E-state index is 12.7. The quantitative estimate of drug-likeness (QED) is 0.348. The van der Waals surface area contributed by atoms with Gasteiger partial charge in [0.15, 0.2) is 11.5 Å². The van der Waals surface area contributed by atoms with Crippen LogP contribution in [0, 0.1) is 10.1 Å². The summed E-state index contributed by atoms with van der Waals surface area (Å²) in [6.45, 7) is 0. The molecule has 168 valence electrons. The normalized spacial score (nSPS) is 15.5. The lowest BCUT2D eigenvalue weighted by molar-refractivity contribution is -0.384. The Kier molecular flexibility index (Phi) is 6.54. The van der Waals surface area contributed by atoms with Gasteiger partial charge in [-0.1, -0.05) is 6.07 Å². The van der Waals surface area contributed by atoms with Crippen LogP contribution in [0.4, 0.5) is 11.4 Å². The largest absolute Gasteiger partial charge is 0.493 e. The van der Waals surface area contributed by atoms with Crippen LogP contribution in [0.1, 0.15) is 16.8 Å². The van der Waals surface area contributed by atoms with Crippen LogP contribution in [0.5, 0.6) is 17.2 Å². The van der Waals surface area contributed by atoms with Crippen LogP contribution in [0.25, 0.3) is 0 Å². The van der Waals surface area contributed by atoms with E-state index < -0.39 is 28.7 Å². The lowest BCUT2D eigenvalue weighted by Gasteiger charge is -2.16. The molecule has 3 rings (SSSR count). The highest BCUT2D eigenvalue weighted by Gasteiger charge is 2.40. The summed E-state index contributed by atoms with van der Waals surface area (Å²) in [6.07, 6.45) is -0.239. The van der Waals surface area contributed by atoms with Crippen molar-refractivity contribution in [3.8, 4) is 17.2 Å². The van der Waals surface area contributed by atoms with E-state index >= 15 is 0 Å². The molecule has 1 fully saturated rings. The Labute approximate surface area is 182 Å². The monoisotopic (exact) mass is 444 g/mol. The number of hydrogen-bond donors (Lipinski definition) is 2. The molecule has 2 aromatic rings. The molecule has 2 N–H and O–H groups in total. The van der Waals surface area contributed by atoms with Crippen molar-refractivity contribution in [3.63, 3.8) is 0 Å². The Morgan fingerprint density at radius 2 is 1.75 bits per heavy atom. The first-order chi connectivity index (χ1) is 15.3. The minimum absolute atomic E-state index is 0.0782. The number of anilines is 1. The molecule has 1 heterocycles. The van der Waals surface area contributed by atoms with Gasteiger partial charge in [0.25, 0.3) is 17.5 Å². The van der Waals surface area contributed by atoms with E-state index in [-0.39, 0.29) is 34.9 Å². The number of amides is 3. The van der Waals surface area contributed by atoms with Crippen LogP contribution < -0.4 is 30.0 Å². The summed E-state index contributed by atoms with van der Waals surface area (Å²) in [4.78, 5) is 48.8. The number of imide groups is 1. The molecular formula is C20H20N4O8. The van der Waals surface area contributed by atoms with Gasteiger partial charge in [0.05, 0.1) is 38.4 Å². The lowest BCUT2D eigenvalue weighted by atomic mass is 10.1. The number of ether oxygens (including phenoxy) is 3. The summed E-state index contributed by atoms with van der Waals surface area (Å²) in [5.74, 6) is -0.986. The molecule has 0 saturated carbocycles. The van der Waals surface area contributed by atoms with Gasteiger partial charge in [-0.3, -0.25) is 29.9 Å². The lowest BCUT2D eigenvalue weighted by Crippen LogP contribution is -2.48. The summed E-state index contributed by atoms with van der Waals surface area (Å²) >= 11 is 0. The molecule has 0 unspecified atom stereocenters. The molecule has 2 aromatic carbocycles. The Morgan fingerprint density at radius 1 is 1.09 bits per heavy atom. The smallest absolute Gasteiger partial charge is 0.271 e. The van der Waals surface area contributed by atoms with Crippen LogP contribution >= 0.6 is 0 Å². The number of hydrogen-bond acceptors (Lipinski definition) is 9. The number of carbonyl (C=O) groups excluding carboxylic acids is 3. The zero-order valence-electron chi connectivity index (χ0n) is 17.4. The highest BCUT2D eigenvalue weighted by atomic mass is 16.6. The van der Waals surface area contributed by atoms with Crippen LogP contribution in [-0.4, -0.2) is 50.0 Å². The molecule has 0 aliphatic carbocycles. The van der Waals surface area contributed by atoms with Gasteiger partial charge in [-0.25, -0.2) is 10.3 Å². The zero-order chi connectivity index (χ0) is 23.4. The van der Waals surface area contributed by atoms with Crippen LogP contribution in [0.3, 0.4) is 0 Å². The average molecular weight is 444 g/mol. The van der Waals surface area contributed by atoms with Crippen molar-refractivity contribution < 1.29 is 33.5 Å². The van der Waals surface area contributed by atoms with Gasteiger partial charge in [0.2, 0.25) is 11.7 Å². The van der Waals surface area contributed by atoms with Crippen molar-refractivity contribution in [2.75, 3.05) is 26.2 Å². The van der Waals surface area contributed by atoms with E-state index in [2.05, 4.69) is 10.9 Å². The van der Waals surface area contributed by atoms with Crippen molar-refractivity contribution in [2.24, 2.45) is 0 Å². The molecule has 1 saturated heterocycles. The van der Waals surface area contributed by atoms with Crippen molar-refractivity contribution >= 4 is 29.1 Å². The Hall–Kier alpha value is -4.19. The maximum absolute atomic E-state index is 12.7. The molecule has 12 nitrogen and oxygen atoms in total. The molecular weight excluding hydrogens is 424 g/mol. The predicted molar refractivity (Wildman–Crippen MR) is 111 cm³/mol. The first-order valence-corrected chi connectivity index (χ1v) is 9.27. The number of nitro benzene ring substituents is 1. The third kappa shape index (κ3) is 4.30. The molecule has 0 spiro atoms. The Bertz CT molecular complexity index is 1060. The van der Waals surface area contributed by atoms with E-state index in [0.29, 0.717) is 5.75 Å². The molecule has 0 bridgehead atoms. The van der Waals surface area contributed by atoms with Gasteiger partial charge in [-0.2, -0.15) is 0 Å². The standard InChI is InChI=1S/C20H20N4O8/c1-30-15-7-11(8-16(31-2)18(15)32-3)19(26)22-21-14-10-17(25)23(20(14)27)12-5-4-6-13(9-12)24(28)29/h4-9,14,21H,10H2,1-3H3,(H,22,26)/t14-/m0/s1. The minimum Gasteiger partial charge on any atom is -0.493 e. The number of hydrazine groups is 1. The zero-order valence-corrected chi connectivity index (χ0v) is 17.4. The number of methoxy groups -OCH3 is 3. The number of benzene rings is 2. The number of rotatable bonds is 8. The molecule has 1 aliphatic heterocycles. The van der Waals surface area contributed by atoms with Crippen molar-refractivity contribution in [3.05, 3.63) is 52.1 Å². The van der Waals surface area contributed by atoms with Gasteiger partial charge in [0, 0.05) is 17.7 Å². The molecule has 0 radical (unpaired) electrons. The maximum Gasteiger partial charge on any atom is 0.271 e. The minimum atomic E-state index is -1.05. The SMILES string of the molecule is COc1cc(C(=O)NN[C@H]2CC(=O)N(c3cccc([N+](=O)[O-])c3)C2=O)cc(OC)c1OC. The number of carbonyl (C=O) groups is 3. The van der Waals surface area contributed by atoms with Gasteiger partial charge in [0.1, 0.15) is 6.04 Å². The highest BCUT2D eigenvalue weighted by Crippen LogP contribution is 2.38. The molecule has 1 atom stereocenters. The highest BCUT2D eigenvalue weighted by molar-refractivity contribution is 6.22. The van der Waals surface area contributed by atoms with Gasteiger partial charge < -0.3 is 14.2 Å². The van der Waals surface area contributed by atoms with Crippen LogP contribution in [0.2, 0.25) is 0 Å². The second-order valence-corrected chi connectivity index (χ2v) is 6.61. The van der Waals surface area contributed by atoms with Crippen LogP contribution in [-0.2, 0) is 9.59 Å². The summed E-state index contributed by atoms with van der Waals surface area (Å²) in [5.41, 5.74) is 4.90. The number of nitrogens with zero attached hydrogens (tertiary/aromatic N) is 2. The van der Waals surface area contributed by atoms with Gasteiger partial charge >= 0.3 is 0 Å². The fourth-order valence-electron chi connectivity index (χ4n) is 3.20. The van der Waals surface area contributed by atoms with E-state index in [4.69, 9.17) is 14.2 Å². The first-order valence-electron chi connectivity index (χ1n) is 9.27. The van der Waals surface area contributed by atoms with Crippen molar-refractivity contribution in [1.29, 1.82) is 0 Å². The van der Waals surface area contributed by atoms with E-state index in [1.165, 1.54) is 51.7 Å². The fourth-order valence-corrected chi connectivity index (χ4v) is 3.20. The summed E-state index contributed by atoms with van der Waals surface area (Å²) < 4.78 is 15.6. The van der Waals surface area contributed by atoms with Crippen molar-refractivity contribution in [2.45, 2.75) is 12.5 Å². The Balaban J connectivity index is 1.73. The second kappa shape index (κ2) is 9.31. The van der Waals surface area contributed by atoms with Gasteiger partial charge in [-0.15, -0.1) is 0 Å². The third-order valence-corrected chi connectivity index (χ3v) is 4.73. The van der Waals surface area contributed by atoms with Crippen molar-refractivity contribution in [1.82, 2.24) is 10.9 Å². The fraction of sp³-hybridized carbons (Fsp3) is 0.250. The number of non-ortho nitro benzene ring substituents is 1. The van der Waals surface area contributed by atoms with E-state index in [9.17, 15) is 24.5 Å². The van der Waals surface area contributed by atoms with E-state index in [1.54, 1.807) is 0 Å². The number of nitro groups is 1. The molecule has 12 heteroatoms. The number of nitrogens with one attached hydrogen (secondary N) is 2. The second-order valence-electron chi connectivity index (χ2n) is 6.61. The first kappa shape index (κ1) is 22.5. The molecule has 3 amide bonds. The summed E-state index contributed by atoms with van der Waals surface area (Å²) in [5, 5.41) is 11.0.